The molecule has 2 N–H and O–H groups in total. The Bertz CT molecular complexity index is 708. The Balaban J connectivity index is 1.84. The average molecular weight is 285 g/mol. The summed E-state index contributed by atoms with van der Waals surface area (Å²) < 4.78 is 1.69. The average Bonchev–Trinajstić information content (AvgIpc) is 3.04. The number of fused-ring (bicyclic) bond motifs is 1. The molecule has 0 aliphatic heterocycles. The predicted octanol–water partition coefficient (Wildman–Crippen LogP) is 1.46. The molecule has 108 valence electrons. The topological polar surface area (TPSA) is 84.2 Å². The second kappa shape index (κ2) is 5.05. The van der Waals surface area contributed by atoms with Gasteiger partial charge >= 0.3 is 5.97 Å². The number of imidazole rings is 1. The number of aromatic nitrogens is 2. The molecule has 3 rings (SSSR count). The summed E-state index contributed by atoms with van der Waals surface area (Å²) in [5, 5.41) is 12.2. The number of rotatable bonds is 3. The van der Waals surface area contributed by atoms with Crippen molar-refractivity contribution >= 4 is 11.9 Å². The number of carboxylic acid groups (broad SMARTS) is 1. The number of carbonyl (C=O) groups excluding carboxylic acids is 1. The molecule has 1 aliphatic rings. The lowest BCUT2D eigenvalue weighted by atomic mass is 10.0. The van der Waals surface area contributed by atoms with Crippen LogP contribution >= 0.6 is 0 Å². The highest BCUT2D eigenvalue weighted by molar-refractivity contribution is 5.92. The summed E-state index contributed by atoms with van der Waals surface area (Å²) >= 11 is 0. The van der Waals surface area contributed by atoms with Crippen molar-refractivity contribution < 1.29 is 14.7 Å². The minimum Gasteiger partial charge on any atom is -0.481 e. The number of carbonyl (C=O) groups is 2. The van der Waals surface area contributed by atoms with Gasteiger partial charge in [0.2, 0.25) is 0 Å². The van der Waals surface area contributed by atoms with Crippen LogP contribution in [0.25, 0.3) is 0 Å². The van der Waals surface area contributed by atoms with Crippen LogP contribution in [0.1, 0.15) is 40.0 Å². The van der Waals surface area contributed by atoms with E-state index in [9.17, 15) is 14.7 Å². The van der Waals surface area contributed by atoms with Crippen LogP contribution < -0.4 is 5.32 Å². The van der Waals surface area contributed by atoms with Crippen LogP contribution in [0.15, 0.2) is 36.8 Å². The third-order valence-electron chi connectivity index (χ3n) is 3.76. The van der Waals surface area contributed by atoms with Crippen molar-refractivity contribution in [2.75, 3.05) is 0 Å². The largest absolute Gasteiger partial charge is 0.481 e. The van der Waals surface area contributed by atoms with Gasteiger partial charge < -0.3 is 15.0 Å². The van der Waals surface area contributed by atoms with E-state index in [0.717, 1.165) is 11.1 Å². The highest BCUT2D eigenvalue weighted by Gasteiger charge is 2.36. The van der Waals surface area contributed by atoms with Crippen molar-refractivity contribution in [3.8, 4) is 0 Å². The van der Waals surface area contributed by atoms with E-state index in [4.69, 9.17) is 0 Å². The molecule has 0 saturated carbocycles. The lowest BCUT2D eigenvalue weighted by Crippen LogP contribution is -2.27. The van der Waals surface area contributed by atoms with Crippen LogP contribution in [0.3, 0.4) is 0 Å². The van der Waals surface area contributed by atoms with Crippen molar-refractivity contribution in [3.63, 3.8) is 0 Å². The molecule has 1 aromatic heterocycles. The molecule has 2 aromatic rings. The van der Waals surface area contributed by atoms with Gasteiger partial charge in [-0.2, -0.15) is 0 Å². The van der Waals surface area contributed by atoms with Gasteiger partial charge in [0.05, 0.1) is 18.3 Å². The quantitative estimate of drug-likeness (QED) is 0.894. The maximum absolute atomic E-state index is 12.2. The molecular weight excluding hydrogens is 270 g/mol. The molecule has 0 saturated heterocycles. The first-order valence-electron chi connectivity index (χ1n) is 6.66. The SMILES string of the molecule is Cn1cnc(C(=O)NC2CC(C(=O)O)c3ccccc32)c1. The minimum atomic E-state index is -0.864. The van der Waals surface area contributed by atoms with Gasteiger partial charge in [-0.15, -0.1) is 0 Å². The second-order valence-corrected chi connectivity index (χ2v) is 5.21. The summed E-state index contributed by atoms with van der Waals surface area (Å²) in [6.45, 7) is 0. The molecule has 2 unspecified atom stereocenters. The highest BCUT2D eigenvalue weighted by atomic mass is 16.4. The fraction of sp³-hybridized carbons (Fsp3) is 0.267. The Morgan fingerprint density at radius 3 is 2.67 bits per heavy atom. The van der Waals surface area contributed by atoms with Crippen LogP contribution in [0, 0.1) is 0 Å². The van der Waals surface area contributed by atoms with E-state index < -0.39 is 11.9 Å². The molecule has 0 spiro atoms. The number of hydrogen-bond donors (Lipinski definition) is 2. The first-order valence-corrected chi connectivity index (χ1v) is 6.66. The van der Waals surface area contributed by atoms with E-state index in [-0.39, 0.29) is 11.9 Å². The van der Waals surface area contributed by atoms with Crippen LogP contribution in [0.2, 0.25) is 0 Å². The molecule has 21 heavy (non-hydrogen) atoms. The number of aryl methyl sites for hydroxylation is 1. The van der Waals surface area contributed by atoms with Crippen LogP contribution in [-0.2, 0) is 11.8 Å². The Kier molecular flexibility index (Phi) is 3.21. The number of nitrogens with zero attached hydrogens (tertiary/aromatic N) is 2. The van der Waals surface area contributed by atoms with Crippen molar-refractivity contribution in [3.05, 3.63) is 53.6 Å². The molecule has 0 radical (unpaired) electrons. The number of nitrogens with one attached hydrogen (secondary N) is 1. The van der Waals surface area contributed by atoms with E-state index in [1.807, 2.05) is 18.2 Å². The minimum absolute atomic E-state index is 0.290. The van der Waals surface area contributed by atoms with Gasteiger partial charge in [-0.3, -0.25) is 9.59 Å². The number of hydrogen-bond acceptors (Lipinski definition) is 3. The summed E-state index contributed by atoms with van der Waals surface area (Å²) in [6, 6.07) is 7.04. The van der Waals surface area contributed by atoms with Gasteiger partial charge in [-0.25, -0.2) is 4.98 Å². The number of carboxylic acids is 1. The van der Waals surface area contributed by atoms with E-state index in [1.54, 1.807) is 30.2 Å². The molecule has 0 fully saturated rings. The van der Waals surface area contributed by atoms with E-state index in [2.05, 4.69) is 10.3 Å². The maximum Gasteiger partial charge on any atom is 0.311 e. The Hall–Kier alpha value is -2.63. The monoisotopic (exact) mass is 285 g/mol. The fourth-order valence-electron chi connectivity index (χ4n) is 2.77. The van der Waals surface area contributed by atoms with E-state index >= 15 is 0 Å². The molecule has 6 nitrogen and oxygen atoms in total. The van der Waals surface area contributed by atoms with Crippen molar-refractivity contribution in [2.45, 2.75) is 18.4 Å². The third kappa shape index (κ3) is 2.40. The molecule has 2 atom stereocenters. The van der Waals surface area contributed by atoms with Crippen LogP contribution in [0.5, 0.6) is 0 Å². The molecule has 1 amide bonds. The molecule has 6 heteroatoms. The van der Waals surface area contributed by atoms with Crippen molar-refractivity contribution in [2.24, 2.45) is 7.05 Å². The number of benzene rings is 1. The van der Waals surface area contributed by atoms with Crippen LogP contribution in [0.4, 0.5) is 0 Å². The van der Waals surface area contributed by atoms with Gasteiger partial charge in [0.25, 0.3) is 5.91 Å². The Labute approximate surface area is 121 Å². The van der Waals surface area contributed by atoms with Gasteiger partial charge in [0.15, 0.2) is 0 Å². The lowest BCUT2D eigenvalue weighted by Gasteiger charge is -2.13. The molecule has 0 bridgehead atoms. The standard InChI is InChI=1S/C15H15N3O3/c1-18-7-13(16-8-18)14(19)17-12-6-11(15(20)21)9-4-2-3-5-10(9)12/h2-5,7-8,11-12H,6H2,1H3,(H,17,19)(H,20,21). The van der Waals surface area contributed by atoms with Gasteiger partial charge in [-0.1, -0.05) is 24.3 Å². The molecule has 1 heterocycles. The summed E-state index contributed by atoms with van der Waals surface area (Å²) in [6.07, 6.45) is 3.55. The number of amides is 1. The normalized spacial score (nSPS) is 20.0. The van der Waals surface area contributed by atoms with E-state index in [1.165, 1.54) is 0 Å². The molecule has 1 aliphatic carbocycles. The maximum atomic E-state index is 12.2. The summed E-state index contributed by atoms with van der Waals surface area (Å²) in [5.74, 6) is -1.73. The van der Waals surface area contributed by atoms with Gasteiger partial charge in [0, 0.05) is 13.2 Å². The first kappa shape index (κ1) is 13.4. The Morgan fingerprint density at radius 2 is 2.05 bits per heavy atom. The fourth-order valence-corrected chi connectivity index (χ4v) is 2.77. The van der Waals surface area contributed by atoms with Gasteiger partial charge in [0.1, 0.15) is 5.69 Å². The van der Waals surface area contributed by atoms with Crippen LogP contribution in [-0.4, -0.2) is 26.5 Å². The van der Waals surface area contributed by atoms with Gasteiger partial charge in [-0.05, 0) is 17.5 Å². The Morgan fingerprint density at radius 1 is 1.33 bits per heavy atom. The van der Waals surface area contributed by atoms with Crippen molar-refractivity contribution in [1.82, 2.24) is 14.9 Å². The lowest BCUT2D eigenvalue weighted by molar-refractivity contribution is -0.138. The summed E-state index contributed by atoms with van der Waals surface area (Å²) in [7, 11) is 1.79. The molecular formula is C15H15N3O3. The van der Waals surface area contributed by atoms with E-state index in [0.29, 0.717) is 12.1 Å². The first-order chi connectivity index (χ1) is 10.1. The zero-order valence-electron chi connectivity index (χ0n) is 11.5. The number of aliphatic carboxylic acids is 1. The smallest absolute Gasteiger partial charge is 0.311 e. The highest BCUT2D eigenvalue weighted by Crippen LogP contribution is 2.40. The predicted molar refractivity (Wildman–Crippen MR) is 74.9 cm³/mol. The zero-order chi connectivity index (χ0) is 15.0. The third-order valence-corrected chi connectivity index (χ3v) is 3.76. The summed E-state index contributed by atoms with van der Waals surface area (Å²) in [5.41, 5.74) is 1.97. The second-order valence-electron chi connectivity index (χ2n) is 5.21. The summed E-state index contributed by atoms with van der Waals surface area (Å²) in [4.78, 5) is 27.5. The van der Waals surface area contributed by atoms with Crippen molar-refractivity contribution in [1.29, 1.82) is 0 Å². The zero-order valence-corrected chi connectivity index (χ0v) is 11.5. The molecule has 1 aromatic carbocycles.